The van der Waals surface area contributed by atoms with Crippen molar-refractivity contribution in [3.63, 3.8) is 0 Å². The lowest BCUT2D eigenvalue weighted by atomic mass is 9.90. The number of benzene rings is 1. The predicted octanol–water partition coefficient (Wildman–Crippen LogP) is 3.51. The Bertz CT molecular complexity index is 993. The number of amides is 1. The zero-order valence-electron chi connectivity index (χ0n) is 17.6. The van der Waals surface area contributed by atoms with Gasteiger partial charge < -0.3 is 19.6 Å². The fraction of sp³-hybridized carbons (Fsp3) is 0.522. The molecule has 1 heterocycles. The maximum absolute atomic E-state index is 12.4. The molecule has 1 aromatic carbocycles. The fourth-order valence-electron chi connectivity index (χ4n) is 3.94. The quantitative estimate of drug-likeness (QED) is 0.480. The van der Waals surface area contributed by atoms with Gasteiger partial charge in [-0.3, -0.25) is 9.59 Å². The smallest absolute Gasteiger partial charge is 0.339 e. The van der Waals surface area contributed by atoms with E-state index in [9.17, 15) is 14.4 Å². The molecule has 1 unspecified atom stereocenters. The van der Waals surface area contributed by atoms with Crippen LogP contribution >= 0.6 is 0 Å². The predicted molar refractivity (Wildman–Crippen MR) is 113 cm³/mol. The Balaban J connectivity index is 1.71. The molecule has 0 saturated carbocycles. The Kier molecular flexibility index (Phi) is 7.13. The number of rotatable bonds is 9. The van der Waals surface area contributed by atoms with Crippen LogP contribution in [0.15, 0.2) is 21.3 Å². The van der Waals surface area contributed by atoms with Crippen LogP contribution in [-0.2, 0) is 22.4 Å². The number of hydrogen-bond acceptors (Lipinski definition) is 5. The number of carbonyl (C=O) groups excluding carboxylic acids is 1. The van der Waals surface area contributed by atoms with Gasteiger partial charge in [0.15, 0.2) is 6.10 Å². The van der Waals surface area contributed by atoms with Gasteiger partial charge >= 0.3 is 11.6 Å². The van der Waals surface area contributed by atoms with Gasteiger partial charge in [0, 0.05) is 18.5 Å². The molecule has 0 saturated heterocycles. The van der Waals surface area contributed by atoms with Gasteiger partial charge in [0.1, 0.15) is 11.3 Å². The van der Waals surface area contributed by atoms with Crippen LogP contribution in [0.1, 0.15) is 62.1 Å². The molecule has 3 rings (SSSR count). The van der Waals surface area contributed by atoms with Gasteiger partial charge in [-0.05, 0) is 75.6 Å². The van der Waals surface area contributed by atoms with E-state index >= 15 is 0 Å². The Morgan fingerprint density at radius 3 is 2.63 bits per heavy atom. The van der Waals surface area contributed by atoms with Crippen LogP contribution < -0.4 is 15.7 Å². The second-order valence-corrected chi connectivity index (χ2v) is 7.95. The number of carbonyl (C=O) groups is 2. The Morgan fingerprint density at radius 1 is 1.17 bits per heavy atom. The molecule has 7 nitrogen and oxygen atoms in total. The highest BCUT2D eigenvalue weighted by Gasteiger charge is 2.23. The molecular formula is C23H29NO6. The van der Waals surface area contributed by atoms with Crippen LogP contribution in [0.2, 0.25) is 0 Å². The summed E-state index contributed by atoms with van der Waals surface area (Å²) in [6.07, 6.45) is 4.99. The number of carboxylic acids is 1. The van der Waals surface area contributed by atoms with Crippen molar-refractivity contribution in [1.29, 1.82) is 0 Å². The van der Waals surface area contributed by atoms with Gasteiger partial charge in [0.05, 0.1) is 5.39 Å². The molecule has 1 aliphatic rings. The van der Waals surface area contributed by atoms with E-state index < -0.39 is 12.1 Å². The lowest BCUT2D eigenvalue weighted by Crippen LogP contribution is -2.37. The van der Waals surface area contributed by atoms with Gasteiger partial charge in [-0.1, -0.05) is 6.42 Å². The third-order valence-electron chi connectivity index (χ3n) is 5.47. The Morgan fingerprint density at radius 2 is 1.90 bits per heavy atom. The van der Waals surface area contributed by atoms with Crippen LogP contribution in [0, 0.1) is 6.92 Å². The summed E-state index contributed by atoms with van der Waals surface area (Å²) < 4.78 is 11.6. The molecule has 30 heavy (non-hydrogen) atoms. The first-order valence-corrected chi connectivity index (χ1v) is 10.6. The second-order valence-electron chi connectivity index (χ2n) is 7.95. The molecule has 0 fully saturated rings. The summed E-state index contributed by atoms with van der Waals surface area (Å²) in [6.45, 7) is 4.07. The van der Waals surface area contributed by atoms with E-state index in [1.54, 1.807) is 6.92 Å². The molecule has 1 aromatic heterocycles. The van der Waals surface area contributed by atoms with Gasteiger partial charge in [0.25, 0.3) is 5.91 Å². The Hall–Kier alpha value is -2.83. The highest BCUT2D eigenvalue weighted by molar-refractivity contribution is 5.89. The average molecular weight is 415 g/mol. The van der Waals surface area contributed by atoms with Crippen molar-refractivity contribution >= 4 is 22.8 Å². The molecule has 2 N–H and O–H groups in total. The maximum atomic E-state index is 12.4. The molecule has 1 amide bonds. The fourth-order valence-corrected chi connectivity index (χ4v) is 3.94. The number of aliphatic carboxylic acids is 1. The molecule has 0 aliphatic heterocycles. The molecule has 1 atom stereocenters. The van der Waals surface area contributed by atoms with Gasteiger partial charge in [-0.15, -0.1) is 0 Å². The summed E-state index contributed by atoms with van der Waals surface area (Å²) >= 11 is 0. The Labute approximate surface area is 175 Å². The SMILES string of the molecule is Cc1cc(OC(C)C(=O)NCCCCCC(=O)O)c2c3c(c(=O)oc2c1)CCCC3. The number of fused-ring (bicyclic) bond motifs is 3. The minimum atomic E-state index is -0.801. The van der Waals surface area contributed by atoms with Crippen molar-refractivity contribution < 1.29 is 23.8 Å². The van der Waals surface area contributed by atoms with Crippen molar-refractivity contribution in [2.45, 2.75) is 71.3 Å². The number of nitrogens with one attached hydrogen (secondary N) is 1. The molecule has 2 aromatic rings. The van der Waals surface area contributed by atoms with Crippen molar-refractivity contribution in [1.82, 2.24) is 5.32 Å². The van der Waals surface area contributed by atoms with Crippen LogP contribution in [-0.4, -0.2) is 29.6 Å². The largest absolute Gasteiger partial charge is 0.481 e. The summed E-state index contributed by atoms with van der Waals surface area (Å²) in [7, 11) is 0. The molecule has 162 valence electrons. The molecule has 0 spiro atoms. The lowest BCUT2D eigenvalue weighted by Gasteiger charge is -2.21. The number of carboxylic acid groups (broad SMARTS) is 1. The standard InChI is InChI=1S/C23H29NO6/c1-14-12-18(29-15(2)22(27)24-11-7-3-4-10-20(25)26)21-16-8-5-6-9-17(16)23(28)30-19(21)13-14/h12-13,15H,3-11H2,1-2H3,(H,24,27)(H,25,26). The summed E-state index contributed by atoms with van der Waals surface area (Å²) in [6, 6.07) is 3.72. The van der Waals surface area contributed by atoms with E-state index in [2.05, 4.69) is 5.32 Å². The molecular weight excluding hydrogens is 386 g/mol. The minimum absolute atomic E-state index is 0.147. The van der Waals surface area contributed by atoms with Crippen molar-refractivity contribution in [2.24, 2.45) is 0 Å². The number of aryl methyl sites for hydroxylation is 2. The minimum Gasteiger partial charge on any atom is -0.481 e. The molecule has 7 heteroatoms. The van der Waals surface area contributed by atoms with E-state index in [-0.39, 0.29) is 18.0 Å². The highest BCUT2D eigenvalue weighted by Crippen LogP contribution is 2.35. The zero-order valence-corrected chi connectivity index (χ0v) is 17.6. The lowest BCUT2D eigenvalue weighted by molar-refractivity contribution is -0.137. The summed E-state index contributed by atoms with van der Waals surface area (Å²) in [5.74, 6) is -0.463. The van der Waals surface area contributed by atoms with E-state index in [1.807, 2.05) is 19.1 Å². The van der Waals surface area contributed by atoms with Gasteiger partial charge in [0.2, 0.25) is 0 Å². The van der Waals surface area contributed by atoms with E-state index in [0.29, 0.717) is 30.7 Å². The highest BCUT2D eigenvalue weighted by atomic mass is 16.5. The van der Waals surface area contributed by atoms with Crippen molar-refractivity contribution in [2.75, 3.05) is 6.54 Å². The number of unbranched alkanes of at least 4 members (excludes halogenated alkanes) is 2. The van der Waals surface area contributed by atoms with E-state index in [1.165, 1.54) is 0 Å². The topological polar surface area (TPSA) is 106 Å². The van der Waals surface area contributed by atoms with Crippen LogP contribution in [0.4, 0.5) is 0 Å². The first-order chi connectivity index (χ1) is 14.4. The second kappa shape index (κ2) is 9.78. The third kappa shape index (κ3) is 5.20. The molecule has 1 aliphatic carbocycles. The third-order valence-corrected chi connectivity index (χ3v) is 5.47. The zero-order chi connectivity index (χ0) is 21.7. The van der Waals surface area contributed by atoms with Crippen LogP contribution in [0.3, 0.4) is 0 Å². The number of hydrogen-bond donors (Lipinski definition) is 2. The summed E-state index contributed by atoms with van der Waals surface area (Å²) in [5, 5.41) is 12.3. The maximum Gasteiger partial charge on any atom is 0.339 e. The average Bonchev–Trinajstić information content (AvgIpc) is 2.69. The summed E-state index contributed by atoms with van der Waals surface area (Å²) in [4.78, 5) is 35.3. The molecule has 0 bridgehead atoms. The first kappa shape index (κ1) is 21.9. The number of ether oxygens (including phenoxy) is 1. The first-order valence-electron chi connectivity index (χ1n) is 10.6. The van der Waals surface area contributed by atoms with Crippen molar-refractivity contribution in [3.8, 4) is 5.75 Å². The van der Waals surface area contributed by atoms with E-state index in [0.717, 1.165) is 54.2 Å². The van der Waals surface area contributed by atoms with Crippen molar-refractivity contribution in [3.05, 3.63) is 39.2 Å². The van der Waals surface area contributed by atoms with Crippen LogP contribution in [0.25, 0.3) is 11.0 Å². The summed E-state index contributed by atoms with van der Waals surface area (Å²) in [5.41, 5.74) is 2.82. The van der Waals surface area contributed by atoms with Crippen LogP contribution in [0.5, 0.6) is 5.75 Å². The monoisotopic (exact) mass is 415 g/mol. The van der Waals surface area contributed by atoms with Gasteiger partial charge in [-0.2, -0.15) is 0 Å². The molecule has 0 radical (unpaired) electrons. The van der Waals surface area contributed by atoms with Gasteiger partial charge in [-0.25, -0.2) is 4.79 Å². The van der Waals surface area contributed by atoms with E-state index in [4.69, 9.17) is 14.3 Å². The normalized spacial score (nSPS) is 14.2.